The molecule has 4 rings (SSSR count). The molecule has 27 heavy (non-hydrogen) atoms. The van der Waals surface area contributed by atoms with E-state index in [4.69, 9.17) is 5.73 Å². The third-order valence-electron chi connectivity index (χ3n) is 4.44. The molecule has 2 aromatic carbocycles. The van der Waals surface area contributed by atoms with Gasteiger partial charge >= 0.3 is 0 Å². The molecular formula is C21H19N5O. The van der Waals surface area contributed by atoms with E-state index in [0.29, 0.717) is 18.1 Å². The summed E-state index contributed by atoms with van der Waals surface area (Å²) in [5.74, 6) is 0.885. The Hall–Kier alpha value is -3.67. The topological polar surface area (TPSA) is 96.7 Å². The number of nitrogen functional groups attached to an aromatic ring is 1. The largest absolute Gasteiger partial charge is 0.382 e. The Bertz CT molecular complexity index is 1120. The van der Waals surface area contributed by atoms with Gasteiger partial charge < -0.3 is 11.1 Å². The van der Waals surface area contributed by atoms with Gasteiger partial charge in [0.25, 0.3) is 0 Å². The van der Waals surface area contributed by atoms with E-state index in [0.717, 1.165) is 27.6 Å². The fourth-order valence-electron chi connectivity index (χ4n) is 2.97. The summed E-state index contributed by atoms with van der Waals surface area (Å²) in [5, 5.41) is 10.6. The zero-order valence-corrected chi connectivity index (χ0v) is 14.9. The second-order valence-electron chi connectivity index (χ2n) is 6.51. The Morgan fingerprint density at radius 2 is 1.85 bits per heavy atom. The Morgan fingerprint density at radius 1 is 1.07 bits per heavy atom. The number of nitrogens with one attached hydrogen (secondary N) is 2. The van der Waals surface area contributed by atoms with E-state index in [2.05, 4.69) is 20.5 Å². The minimum atomic E-state index is -0.0990. The van der Waals surface area contributed by atoms with Gasteiger partial charge in [-0.1, -0.05) is 35.9 Å². The van der Waals surface area contributed by atoms with Gasteiger partial charge in [-0.15, -0.1) is 0 Å². The number of rotatable bonds is 4. The first-order valence-electron chi connectivity index (χ1n) is 8.64. The maximum Gasteiger partial charge on any atom is 0.229 e. The van der Waals surface area contributed by atoms with E-state index in [-0.39, 0.29) is 5.91 Å². The molecule has 0 fully saturated rings. The van der Waals surface area contributed by atoms with Crippen molar-refractivity contribution >= 4 is 28.4 Å². The average molecular weight is 357 g/mol. The number of amides is 1. The van der Waals surface area contributed by atoms with Crippen LogP contribution in [0.3, 0.4) is 0 Å². The number of fused-ring (bicyclic) bond motifs is 1. The highest BCUT2D eigenvalue weighted by atomic mass is 16.1. The number of pyridine rings is 1. The molecule has 0 unspecified atom stereocenters. The molecule has 0 saturated carbocycles. The number of hydrogen-bond acceptors (Lipinski definition) is 4. The van der Waals surface area contributed by atoms with Crippen LogP contribution in [0.25, 0.3) is 22.0 Å². The SMILES string of the molecule is Cc1ccc(CC(=O)Nc2cc(-c3ccc4[nH]nc(N)c4c3)ccn2)cc1. The van der Waals surface area contributed by atoms with Crippen LogP contribution in [-0.4, -0.2) is 21.1 Å². The van der Waals surface area contributed by atoms with Crippen molar-refractivity contribution in [1.29, 1.82) is 0 Å². The Balaban J connectivity index is 1.53. The number of aryl methyl sites for hydroxylation is 1. The van der Waals surface area contributed by atoms with Crippen LogP contribution < -0.4 is 11.1 Å². The lowest BCUT2D eigenvalue weighted by atomic mass is 10.0. The van der Waals surface area contributed by atoms with Gasteiger partial charge in [0, 0.05) is 11.6 Å². The van der Waals surface area contributed by atoms with Gasteiger partial charge in [0.1, 0.15) is 5.82 Å². The summed E-state index contributed by atoms with van der Waals surface area (Å²) in [6, 6.07) is 17.6. The molecule has 2 aromatic heterocycles. The van der Waals surface area contributed by atoms with E-state index in [1.165, 1.54) is 5.56 Å². The van der Waals surface area contributed by atoms with Gasteiger partial charge in [0.05, 0.1) is 11.9 Å². The van der Waals surface area contributed by atoms with E-state index < -0.39 is 0 Å². The molecular weight excluding hydrogens is 338 g/mol. The first-order valence-corrected chi connectivity index (χ1v) is 8.64. The highest BCUT2D eigenvalue weighted by Gasteiger charge is 2.08. The highest BCUT2D eigenvalue weighted by Crippen LogP contribution is 2.27. The van der Waals surface area contributed by atoms with Crippen molar-refractivity contribution in [2.45, 2.75) is 13.3 Å². The van der Waals surface area contributed by atoms with Crippen molar-refractivity contribution in [2.24, 2.45) is 0 Å². The van der Waals surface area contributed by atoms with Crippen LogP contribution in [0.15, 0.2) is 60.8 Å². The third kappa shape index (κ3) is 3.64. The summed E-state index contributed by atoms with van der Waals surface area (Å²) in [5.41, 5.74) is 10.8. The Morgan fingerprint density at radius 3 is 2.67 bits per heavy atom. The number of hydrogen-bond donors (Lipinski definition) is 3. The van der Waals surface area contributed by atoms with Crippen LogP contribution in [0.5, 0.6) is 0 Å². The van der Waals surface area contributed by atoms with E-state index in [1.807, 2.05) is 61.5 Å². The van der Waals surface area contributed by atoms with Crippen LogP contribution in [0.1, 0.15) is 11.1 Å². The first-order chi connectivity index (χ1) is 13.1. The maximum atomic E-state index is 12.3. The Kier molecular flexibility index (Phi) is 4.30. The lowest BCUT2D eigenvalue weighted by Crippen LogP contribution is -2.15. The zero-order chi connectivity index (χ0) is 18.8. The van der Waals surface area contributed by atoms with E-state index in [9.17, 15) is 4.79 Å². The fourth-order valence-corrected chi connectivity index (χ4v) is 2.97. The molecule has 4 N–H and O–H groups in total. The van der Waals surface area contributed by atoms with Gasteiger partial charge in [-0.2, -0.15) is 5.10 Å². The lowest BCUT2D eigenvalue weighted by Gasteiger charge is -2.07. The predicted molar refractivity (Wildman–Crippen MR) is 107 cm³/mol. The van der Waals surface area contributed by atoms with Gasteiger partial charge in [-0.25, -0.2) is 4.98 Å². The van der Waals surface area contributed by atoms with Crippen molar-refractivity contribution in [2.75, 3.05) is 11.1 Å². The third-order valence-corrected chi connectivity index (χ3v) is 4.44. The molecule has 0 aliphatic rings. The van der Waals surface area contributed by atoms with Gasteiger partial charge in [0.2, 0.25) is 5.91 Å². The molecule has 0 spiro atoms. The van der Waals surface area contributed by atoms with Crippen molar-refractivity contribution in [3.05, 3.63) is 71.9 Å². The second kappa shape index (κ2) is 6.92. The number of nitrogens with two attached hydrogens (primary N) is 1. The minimum Gasteiger partial charge on any atom is -0.382 e. The summed E-state index contributed by atoms with van der Waals surface area (Å²) in [6.45, 7) is 2.02. The molecule has 0 bridgehead atoms. The Labute approximate surface area is 156 Å². The number of nitrogens with zero attached hydrogens (tertiary/aromatic N) is 2. The number of carbonyl (C=O) groups excluding carboxylic acids is 1. The minimum absolute atomic E-state index is 0.0990. The lowest BCUT2D eigenvalue weighted by molar-refractivity contribution is -0.115. The van der Waals surface area contributed by atoms with Crippen LogP contribution >= 0.6 is 0 Å². The summed E-state index contributed by atoms with van der Waals surface area (Å²) >= 11 is 0. The zero-order valence-electron chi connectivity index (χ0n) is 14.9. The highest BCUT2D eigenvalue weighted by molar-refractivity contribution is 5.94. The number of anilines is 2. The molecule has 4 aromatic rings. The molecule has 0 saturated heterocycles. The molecule has 0 atom stereocenters. The number of H-pyrrole nitrogens is 1. The monoisotopic (exact) mass is 357 g/mol. The molecule has 0 radical (unpaired) electrons. The van der Waals surface area contributed by atoms with Crippen LogP contribution in [0, 0.1) is 6.92 Å². The van der Waals surface area contributed by atoms with Gasteiger partial charge in [0.15, 0.2) is 5.82 Å². The van der Waals surface area contributed by atoms with E-state index >= 15 is 0 Å². The smallest absolute Gasteiger partial charge is 0.229 e. The number of carbonyl (C=O) groups is 1. The van der Waals surface area contributed by atoms with Crippen LogP contribution in [0.2, 0.25) is 0 Å². The van der Waals surface area contributed by atoms with Gasteiger partial charge in [-0.3, -0.25) is 9.89 Å². The number of aromatic amines is 1. The van der Waals surface area contributed by atoms with Gasteiger partial charge in [-0.05, 0) is 47.9 Å². The average Bonchev–Trinajstić information content (AvgIpc) is 3.04. The van der Waals surface area contributed by atoms with Crippen molar-refractivity contribution in [1.82, 2.24) is 15.2 Å². The first kappa shape index (κ1) is 16.8. The molecule has 0 aliphatic heterocycles. The fraction of sp³-hybridized carbons (Fsp3) is 0.0952. The normalized spacial score (nSPS) is 10.9. The molecule has 0 aliphatic carbocycles. The molecule has 6 nitrogen and oxygen atoms in total. The number of aromatic nitrogens is 3. The van der Waals surface area contributed by atoms with Crippen LogP contribution in [-0.2, 0) is 11.2 Å². The summed E-state index contributed by atoms with van der Waals surface area (Å²) in [6.07, 6.45) is 1.99. The van der Waals surface area contributed by atoms with Crippen LogP contribution in [0.4, 0.5) is 11.6 Å². The van der Waals surface area contributed by atoms with Crippen molar-refractivity contribution in [3.8, 4) is 11.1 Å². The predicted octanol–water partition coefficient (Wildman–Crippen LogP) is 3.70. The standard InChI is InChI=1S/C21H19N5O/c1-13-2-4-14(5-3-13)10-20(27)24-19-12-16(8-9-23-19)15-6-7-18-17(11-15)21(22)26-25-18/h2-9,11-12H,10H2,1H3,(H3,22,25,26)(H,23,24,27). The second-order valence-corrected chi connectivity index (χ2v) is 6.51. The molecule has 2 heterocycles. The molecule has 1 amide bonds. The van der Waals surface area contributed by atoms with Crippen molar-refractivity contribution in [3.63, 3.8) is 0 Å². The summed E-state index contributed by atoms with van der Waals surface area (Å²) in [4.78, 5) is 16.6. The number of benzene rings is 2. The quantitative estimate of drug-likeness (QED) is 0.519. The summed E-state index contributed by atoms with van der Waals surface area (Å²) < 4.78 is 0. The molecule has 6 heteroatoms. The maximum absolute atomic E-state index is 12.3. The molecule has 134 valence electrons. The van der Waals surface area contributed by atoms with E-state index in [1.54, 1.807) is 6.20 Å². The summed E-state index contributed by atoms with van der Waals surface area (Å²) in [7, 11) is 0. The van der Waals surface area contributed by atoms with Crippen molar-refractivity contribution < 1.29 is 4.79 Å².